The highest BCUT2D eigenvalue weighted by molar-refractivity contribution is 8.00. The number of piperazine rings is 1. The molecule has 4 rings (SSSR count). The van der Waals surface area contributed by atoms with E-state index in [0.717, 1.165) is 42.8 Å². The van der Waals surface area contributed by atoms with Crippen LogP contribution in [-0.4, -0.2) is 59.1 Å². The Labute approximate surface area is 140 Å². The second-order valence-electron chi connectivity index (χ2n) is 6.52. The van der Waals surface area contributed by atoms with E-state index in [9.17, 15) is 9.59 Å². The predicted molar refractivity (Wildman–Crippen MR) is 90.9 cm³/mol. The summed E-state index contributed by atoms with van der Waals surface area (Å²) < 4.78 is 0. The number of benzene rings is 1. The lowest BCUT2D eigenvalue weighted by atomic mass is 10.1. The van der Waals surface area contributed by atoms with E-state index in [4.69, 9.17) is 0 Å². The van der Waals surface area contributed by atoms with E-state index in [2.05, 4.69) is 10.2 Å². The minimum absolute atomic E-state index is 0.00477. The van der Waals surface area contributed by atoms with Crippen LogP contribution in [0.25, 0.3) is 0 Å². The number of hydrogen-bond acceptors (Lipinski definition) is 4. The number of thioether (sulfide) groups is 1. The van der Waals surface area contributed by atoms with Gasteiger partial charge in [0.1, 0.15) is 0 Å². The fourth-order valence-corrected chi connectivity index (χ4v) is 4.18. The molecule has 2 aliphatic heterocycles. The molecule has 23 heavy (non-hydrogen) atoms. The van der Waals surface area contributed by atoms with E-state index in [-0.39, 0.29) is 17.1 Å². The smallest absolute Gasteiger partial charge is 0.254 e. The molecule has 1 unspecified atom stereocenters. The second-order valence-corrected chi connectivity index (χ2v) is 7.90. The Bertz CT molecular complexity index is 651. The Kier molecular flexibility index (Phi) is 3.81. The summed E-state index contributed by atoms with van der Waals surface area (Å²) in [6.45, 7) is 5.44. The third-order valence-electron chi connectivity index (χ3n) is 4.82. The molecule has 1 atom stereocenters. The maximum absolute atomic E-state index is 12.7. The van der Waals surface area contributed by atoms with Crippen LogP contribution >= 0.6 is 11.8 Å². The van der Waals surface area contributed by atoms with Crippen molar-refractivity contribution < 1.29 is 9.59 Å². The third-order valence-corrected chi connectivity index (χ3v) is 6.00. The van der Waals surface area contributed by atoms with Crippen LogP contribution in [0.1, 0.15) is 30.1 Å². The highest BCUT2D eigenvalue weighted by atomic mass is 32.2. The molecular weight excluding hydrogens is 310 g/mol. The summed E-state index contributed by atoms with van der Waals surface area (Å²) in [5.74, 6) is 0.0752. The van der Waals surface area contributed by atoms with E-state index in [1.165, 1.54) is 12.8 Å². The van der Waals surface area contributed by atoms with E-state index in [1.54, 1.807) is 11.8 Å². The highest BCUT2D eigenvalue weighted by Crippen LogP contribution is 2.36. The van der Waals surface area contributed by atoms with Crippen molar-refractivity contribution in [3.8, 4) is 0 Å². The molecule has 0 radical (unpaired) electrons. The minimum atomic E-state index is -0.0837. The number of carbonyl (C=O) groups is 2. The fraction of sp³-hybridized carbons (Fsp3) is 0.529. The molecule has 1 aliphatic carbocycles. The van der Waals surface area contributed by atoms with Crippen molar-refractivity contribution >= 4 is 29.3 Å². The summed E-state index contributed by atoms with van der Waals surface area (Å²) >= 11 is 1.54. The Balaban J connectivity index is 1.46. The number of hydrogen-bond donors (Lipinski definition) is 1. The van der Waals surface area contributed by atoms with Gasteiger partial charge in [0, 0.05) is 42.7 Å². The molecule has 1 N–H and O–H groups in total. The Morgan fingerprint density at radius 2 is 1.96 bits per heavy atom. The van der Waals surface area contributed by atoms with E-state index < -0.39 is 0 Å². The number of nitrogens with zero attached hydrogens (tertiary/aromatic N) is 2. The van der Waals surface area contributed by atoms with E-state index >= 15 is 0 Å². The van der Waals surface area contributed by atoms with Crippen LogP contribution in [0.15, 0.2) is 23.1 Å². The van der Waals surface area contributed by atoms with Gasteiger partial charge in [-0.2, -0.15) is 0 Å². The van der Waals surface area contributed by atoms with Crippen LogP contribution in [0.5, 0.6) is 0 Å². The Hall–Kier alpha value is -1.53. The molecule has 0 aromatic heterocycles. The van der Waals surface area contributed by atoms with Gasteiger partial charge in [0.2, 0.25) is 5.91 Å². The summed E-state index contributed by atoms with van der Waals surface area (Å²) in [5, 5.41) is 2.82. The van der Waals surface area contributed by atoms with Gasteiger partial charge in [-0.1, -0.05) is 0 Å². The molecule has 0 spiro atoms. The number of amides is 2. The average Bonchev–Trinajstić information content (AvgIpc) is 3.40. The number of anilines is 1. The third kappa shape index (κ3) is 2.97. The quantitative estimate of drug-likeness (QED) is 0.901. The van der Waals surface area contributed by atoms with Crippen LogP contribution < -0.4 is 5.32 Å². The summed E-state index contributed by atoms with van der Waals surface area (Å²) in [6, 6.07) is 6.42. The molecule has 3 aliphatic rings. The molecule has 122 valence electrons. The maximum Gasteiger partial charge on any atom is 0.254 e. The van der Waals surface area contributed by atoms with Crippen LogP contribution in [-0.2, 0) is 4.79 Å². The highest BCUT2D eigenvalue weighted by Gasteiger charge is 2.32. The minimum Gasteiger partial charge on any atom is -0.336 e. The molecule has 2 amide bonds. The van der Waals surface area contributed by atoms with Gasteiger partial charge in [-0.05, 0) is 38.0 Å². The normalized spacial score (nSPS) is 25.0. The van der Waals surface area contributed by atoms with Crippen LogP contribution in [0, 0.1) is 0 Å². The molecule has 6 heteroatoms. The van der Waals surface area contributed by atoms with Gasteiger partial charge in [-0.25, -0.2) is 0 Å². The number of fused-ring (bicyclic) bond motifs is 1. The lowest BCUT2D eigenvalue weighted by Crippen LogP contribution is -2.49. The first kappa shape index (κ1) is 15.0. The zero-order valence-electron chi connectivity index (χ0n) is 13.2. The van der Waals surface area contributed by atoms with E-state index in [0.29, 0.717) is 5.56 Å². The second kappa shape index (κ2) is 5.83. The lowest BCUT2D eigenvalue weighted by Gasteiger charge is -2.35. The zero-order chi connectivity index (χ0) is 16.0. The molecule has 1 aromatic rings. The van der Waals surface area contributed by atoms with Gasteiger partial charge < -0.3 is 10.2 Å². The van der Waals surface area contributed by atoms with Gasteiger partial charge in [0.25, 0.3) is 5.91 Å². The number of rotatable bonds is 2. The number of carbonyl (C=O) groups excluding carboxylic acids is 2. The lowest BCUT2D eigenvalue weighted by molar-refractivity contribution is -0.115. The van der Waals surface area contributed by atoms with Crippen molar-refractivity contribution in [3.63, 3.8) is 0 Å². The van der Waals surface area contributed by atoms with Gasteiger partial charge >= 0.3 is 0 Å². The molecule has 1 aromatic carbocycles. The molecule has 0 bridgehead atoms. The molecule has 2 heterocycles. The monoisotopic (exact) mass is 331 g/mol. The SMILES string of the molecule is CC1Sc2ccc(C(=O)N3CCN(C4CC4)CC3)cc2NC1=O. The van der Waals surface area contributed by atoms with Crippen molar-refractivity contribution in [1.29, 1.82) is 0 Å². The molecule has 1 saturated carbocycles. The summed E-state index contributed by atoms with van der Waals surface area (Å²) in [6.07, 6.45) is 2.63. The van der Waals surface area contributed by atoms with Gasteiger partial charge in [0.15, 0.2) is 0 Å². The van der Waals surface area contributed by atoms with Crippen molar-refractivity contribution in [3.05, 3.63) is 23.8 Å². The Morgan fingerprint density at radius 3 is 2.65 bits per heavy atom. The predicted octanol–water partition coefficient (Wildman–Crippen LogP) is 2.04. The van der Waals surface area contributed by atoms with Crippen LogP contribution in [0.4, 0.5) is 5.69 Å². The van der Waals surface area contributed by atoms with Crippen molar-refractivity contribution in [2.45, 2.75) is 36.0 Å². The van der Waals surface area contributed by atoms with Gasteiger partial charge in [-0.15, -0.1) is 11.8 Å². The maximum atomic E-state index is 12.7. The summed E-state index contributed by atoms with van der Waals surface area (Å²) in [5.41, 5.74) is 1.43. The largest absolute Gasteiger partial charge is 0.336 e. The summed E-state index contributed by atoms with van der Waals surface area (Å²) in [4.78, 5) is 30.0. The first-order chi connectivity index (χ1) is 11.1. The molecule has 2 fully saturated rings. The average molecular weight is 331 g/mol. The molecule has 5 nitrogen and oxygen atoms in total. The van der Waals surface area contributed by atoms with Crippen molar-refractivity contribution in [2.75, 3.05) is 31.5 Å². The zero-order valence-corrected chi connectivity index (χ0v) is 14.1. The first-order valence-electron chi connectivity index (χ1n) is 8.27. The van der Waals surface area contributed by atoms with Gasteiger partial charge in [-0.3, -0.25) is 14.5 Å². The van der Waals surface area contributed by atoms with Crippen LogP contribution in [0.3, 0.4) is 0 Å². The van der Waals surface area contributed by atoms with Crippen molar-refractivity contribution in [1.82, 2.24) is 9.80 Å². The fourth-order valence-electron chi connectivity index (χ4n) is 3.25. The topological polar surface area (TPSA) is 52.7 Å². The van der Waals surface area contributed by atoms with E-state index in [1.807, 2.05) is 30.0 Å². The van der Waals surface area contributed by atoms with Crippen molar-refractivity contribution in [2.24, 2.45) is 0 Å². The number of nitrogens with one attached hydrogen (secondary N) is 1. The Morgan fingerprint density at radius 1 is 1.22 bits per heavy atom. The van der Waals surface area contributed by atoms with Gasteiger partial charge in [0.05, 0.1) is 10.9 Å². The summed E-state index contributed by atoms with van der Waals surface area (Å²) in [7, 11) is 0. The molecule has 1 saturated heterocycles. The van der Waals surface area contributed by atoms with Crippen LogP contribution in [0.2, 0.25) is 0 Å². The standard InChI is InChI=1S/C17H21N3O2S/c1-11-16(21)18-14-10-12(2-5-15(14)23-11)17(22)20-8-6-19(7-9-20)13-3-4-13/h2,5,10-11,13H,3-4,6-9H2,1H3,(H,18,21). The first-order valence-corrected chi connectivity index (χ1v) is 9.15. The molecular formula is C17H21N3O2S.